The van der Waals surface area contributed by atoms with Gasteiger partial charge in [0, 0.05) is 4.90 Å². The summed E-state index contributed by atoms with van der Waals surface area (Å²) in [5.74, 6) is 0.897. The second kappa shape index (κ2) is 6.21. The van der Waals surface area contributed by atoms with E-state index in [1.54, 1.807) is 18.0 Å². The van der Waals surface area contributed by atoms with Gasteiger partial charge >= 0.3 is 0 Å². The first-order chi connectivity index (χ1) is 6.83. The highest BCUT2D eigenvalue weighted by atomic mass is 32.2. The zero-order valence-corrected chi connectivity index (χ0v) is 8.43. The van der Waals surface area contributed by atoms with Crippen LogP contribution in [-0.4, -0.2) is 24.4 Å². The van der Waals surface area contributed by atoms with Gasteiger partial charge in [-0.25, -0.2) is 0 Å². The van der Waals surface area contributed by atoms with E-state index in [9.17, 15) is 4.79 Å². The van der Waals surface area contributed by atoms with Crippen molar-refractivity contribution < 1.29 is 4.79 Å². The Labute approximate surface area is 87.4 Å². The Kier molecular flexibility index (Phi) is 4.78. The van der Waals surface area contributed by atoms with Crippen LogP contribution in [0.2, 0.25) is 0 Å². The van der Waals surface area contributed by atoms with E-state index >= 15 is 0 Å². The van der Waals surface area contributed by atoms with Gasteiger partial charge in [0.05, 0.1) is 12.3 Å². The lowest BCUT2D eigenvalue weighted by molar-refractivity contribution is 0.554. The normalized spacial score (nSPS) is 9.43. The number of hydrogen-bond acceptors (Lipinski definition) is 3. The van der Waals surface area contributed by atoms with E-state index in [1.165, 1.54) is 0 Å². The van der Waals surface area contributed by atoms with E-state index in [4.69, 9.17) is 5.41 Å². The molecule has 73 valence electrons. The van der Waals surface area contributed by atoms with Crippen molar-refractivity contribution in [2.75, 3.05) is 12.3 Å². The van der Waals surface area contributed by atoms with Gasteiger partial charge in [0.25, 0.3) is 0 Å². The molecule has 0 aliphatic carbocycles. The van der Waals surface area contributed by atoms with Gasteiger partial charge in [0.1, 0.15) is 5.84 Å². The number of amidine groups is 1. The molecule has 1 aromatic rings. The zero-order chi connectivity index (χ0) is 10.2. The van der Waals surface area contributed by atoms with Gasteiger partial charge < -0.3 is 5.32 Å². The average molecular weight is 207 g/mol. The maximum atomic E-state index is 9.89. The molecule has 0 spiro atoms. The van der Waals surface area contributed by atoms with Crippen LogP contribution in [-0.2, 0) is 4.79 Å². The summed E-state index contributed by atoms with van der Waals surface area (Å²) in [6.07, 6.45) is 1.69. The van der Waals surface area contributed by atoms with Crippen LogP contribution >= 0.6 is 11.8 Å². The van der Waals surface area contributed by atoms with E-state index in [-0.39, 0.29) is 6.54 Å². The molecule has 0 saturated carbocycles. The molecule has 0 saturated heterocycles. The summed E-state index contributed by atoms with van der Waals surface area (Å²) in [6, 6.07) is 9.85. The predicted octanol–water partition coefficient (Wildman–Crippen LogP) is 1.46. The number of benzene rings is 1. The van der Waals surface area contributed by atoms with Crippen molar-refractivity contribution >= 4 is 23.9 Å². The first-order valence-electron chi connectivity index (χ1n) is 4.17. The quantitative estimate of drug-likeness (QED) is 0.436. The van der Waals surface area contributed by atoms with Gasteiger partial charge in [-0.1, -0.05) is 18.2 Å². The first-order valence-corrected chi connectivity index (χ1v) is 5.15. The minimum Gasteiger partial charge on any atom is -0.366 e. The minimum atomic E-state index is 0.0915. The van der Waals surface area contributed by atoms with Gasteiger partial charge in [0.2, 0.25) is 6.29 Å². The molecule has 4 heteroatoms. The zero-order valence-electron chi connectivity index (χ0n) is 7.62. The number of thioether (sulfide) groups is 1. The second-order valence-corrected chi connectivity index (χ2v) is 3.63. The molecule has 0 aliphatic heterocycles. The Hall–Kier alpha value is -1.29. The molecule has 1 radical (unpaired) electrons. The van der Waals surface area contributed by atoms with Gasteiger partial charge in [-0.15, -0.1) is 11.8 Å². The first kappa shape index (κ1) is 10.8. The maximum absolute atomic E-state index is 9.89. The Morgan fingerprint density at radius 3 is 2.79 bits per heavy atom. The molecule has 0 unspecified atom stereocenters. The lowest BCUT2D eigenvalue weighted by Crippen LogP contribution is -2.25. The minimum absolute atomic E-state index is 0.0915. The molecule has 0 bridgehead atoms. The molecule has 1 aromatic carbocycles. The SMILES string of the molecule is N=C(CSc1ccccc1)NC[C]=O. The molecular formula is C10H11N2OS. The number of rotatable bonds is 5. The van der Waals surface area contributed by atoms with Crippen LogP contribution < -0.4 is 5.32 Å². The Balaban J connectivity index is 2.27. The highest BCUT2D eigenvalue weighted by Gasteiger charge is 1.97. The monoisotopic (exact) mass is 207 g/mol. The standard InChI is InChI=1S/C10H11N2OS/c11-10(12-6-7-13)8-14-9-4-2-1-3-5-9/h1-5H,6,8H2,(H2,11,12). The number of hydrogen-bond donors (Lipinski definition) is 2. The van der Waals surface area contributed by atoms with Crippen LogP contribution in [0.5, 0.6) is 0 Å². The highest BCUT2D eigenvalue weighted by Crippen LogP contribution is 2.15. The fraction of sp³-hybridized carbons (Fsp3) is 0.200. The lowest BCUT2D eigenvalue weighted by atomic mass is 10.4. The van der Waals surface area contributed by atoms with Crippen molar-refractivity contribution in [2.45, 2.75) is 4.90 Å². The van der Waals surface area contributed by atoms with Crippen molar-refractivity contribution in [3.05, 3.63) is 30.3 Å². The fourth-order valence-corrected chi connectivity index (χ4v) is 1.63. The molecule has 0 heterocycles. The predicted molar refractivity (Wildman–Crippen MR) is 58.6 cm³/mol. The number of carbonyl (C=O) groups excluding carboxylic acids is 1. The van der Waals surface area contributed by atoms with Gasteiger partial charge in [-0.2, -0.15) is 0 Å². The Bertz CT molecular complexity index is 300. The average Bonchev–Trinajstić information content (AvgIpc) is 2.25. The van der Waals surface area contributed by atoms with Gasteiger partial charge in [-0.3, -0.25) is 10.2 Å². The van der Waals surface area contributed by atoms with Gasteiger partial charge in [0.15, 0.2) is 0 Å². The van der Waals surface area contributed by atoms with E-state index in [2.05, 4.69) is 5.32 Å². The summed E-state index contributed by atoms with van der Waals surface area (Å²) >= 11 is 1.56. The molecule has 14 heavy (non-hydrogen) atoms. The largest absolute Gasteiger partial charge is 0.366 e. The van der Waals surface area contributed by atoms with Crippen LogP contribution in [0, 0.1) is 5.41 Å². The van der Waals surface area contributed by atoms with Crippen molar-refractivity contribution in [1.29, 1.82) is 5.41 Å². The highest BCUT2D eigenvalue weighted by molar-refractivity contribution is 8.00. The third kappa shape index (κ3) is 4.09. The summed E-state index contributed by atoms with van der Waals surface area (Å²) in [5.41, 5.74) is 0. The Morgan fingerprint density at radius 1 is 1.43 bits per heavy atom. The third-order valence-corrected chi connectivity index (χ3v) is 2.54. The summed E-state index contributed by atoms with van der Waals surface area (Å²) in [5, 5.41) is 10.1. The van der Waals surface area contributed by atoms with Crippen LogP contribution in [0.3, 0.4) is 0 Å². The van der Waals surface area contributed by atoms with Crippen LogP contribution in [0.25, 0.3) is 0 Å². The topological polar surface area (TPSA) is 53.0 Å². The lowest BCUT2D eigenvalue weighted by Gasteiger charge is -2.03. The van der Waals surface area contributed by atoms with E-state index in [1.807, 2.05) is 30.3 Å². The van der Waals surface area contributed by atoms with E-state index in [0.717, 1.165) is 4.90 Å². The van der Waals surface area contributed by atoms with Crippen LogP contribution in [0.4, 0.5) is 0 Å². The van der Waals surface area contributed by atoms with Crippen molar-refractivity contribution in [3.63, 3.8) is 0 Å². The second-order valence-electron chi connectivity index (χ2n) is 2.58. The maximum Gasteiger partial charge on any atom is 0.219 e. The van der Waals surface area contributed by atoms with Crippen LogP contribution in [0.15, 0.2) is 35.2 Å². The van der Waals surface area contributed by atoms with E-state index in [0.29, 0.717) is 11.6 Å². The number of nitrogens with one attached hydrogen (secondary N) is 2. The fourth-order valence-electron chi connectivity index (χ4n) is 0.866. The molecule has 0 aromatic heterocycles. The Morgan fingerprint density at radius 2 is 2.14 bits per heavy atom. The summed E-state index contributed by atoms with van der Waals surface area (Å²) in [4.78, 5) is 11.0. The molecule has 0 aliphatic rings. The third-order valence-electron chi connectivity index (χ3n) is 1.50. The summed E-state index contributed by atoms with van der Waals surface area (Å²) < 4.78 is 0. The summed E-state index contributed by atoms with van der Waals surface area (Å²) in [6.45, 7) is 0.0915. The van der Waals surface area contributed by atoms with Crippen molar-refractivity contribution in [2.24, 2.45) is 0 Å². The van der Waals surface area contributed by atoms with Crippen LogP contribution in [0.1, 0.15) is 0 Å². The molecule has 3 nitrogen and oxygen atoms in total. The molecular weight excluding hydrogens is 196 g/mol. The smallest absolute Gasteiger partial charge is 0.219 e. The molecule has 0 atom stereocenters. The molecule has 0 fully saturated rings. The van der Waals surface area contributed by atoms with E-state index < -0.39 is 0 Å². The summed E-state index contributed by atoms with van der Waals surface area (Å²) in [7, 11) is 0. The molecule has 1 rings (SSSR count). The van der Waals surface area contributed by atoms with Crippen molar-refractivity contribution in [1.82, 2.24) is 5.32 Å². The molecule has 0 amide bonds. The van der Waals surface area contributed by atoms with Crippen molar-refractivity contribution in [3.8, 4) is 0 Å². The molecule has 2 N–H and O–H groups in total. The van der Waals surface area contributed by atoms with Gasteiger partial charge in [-0.05, 0) is 12.1 Å².